The highest BCUT2D eigenvalue weighted by Gasteiger charge is 2.11. The number of hydrogen-bond acceptors (Lipinski definition) is 2. The van der Waals surface area contributed by atoms with Gasteiger partial charge in [0.15, 0.2) is 0 Å². The molecule has 4 nitrogen and oxygen atoms in total. The Morgan fingerprint density at radius 2 is 2.29 bits per heavy atom. The first-order valence-electron chi connectivity index (χ1n) is 5.80. The summed E-state index contributed by atoms with van der Waals surface area (Å²) in [6.07, 6.45) is 3.66. The molecule has 17 heavy (non-hydrogen) atoms. The second kappa shape index (κ2) is 4.57. The number of imidazole rings is 1. The van der Waals surface area contributed by atoms with Crippen molar-refractivity contribution in [2.45, 2.75) is 20.8 Å². The van der Waals surface area contributed by atoms with Crippen molar-refractivity contribution in [2.75, 3.05) is 6.54 Å². The van der Waals surface area contributed by atoms with Crippen molar-refractivity contribution in [2.24, 2.45) is 5.92 Å². The van der Waals surface area contributed by atoms with Crippen LogP contribution in [0, 0.1) is 12.8 Å². The third kappa shape index (κ3) is 2.46. The lowest BCUT2D eigenvalue weighted by Gasteiger charge is -2.04. The number of fused-ring (bicyclic) bond motifs is 1. The maximum Gasteiger partial charge on any atom is 0.271 e. The van der Waals surface area contributed by atoms with Crippen LogP contribution in [0.3, 0.4) is 0 Å². The molecule has 0 spiro atoms. The zero-order valence-electron chi connectivity index (χ0n) is 10.4. The molecule has 1 N–H and O–H groups in total. The van der Waals surface area contributed by atoms with Gasteiger partial charge in [-0.25, -0.2) is 4.98 Å². The predicted octanol–water partition coefficient (Wildman–Crippen LogP) is 2.03. The molecule has 0 radical (unpaired) electrons. The van der Waals surface area contributed by atoms with Gasteiger partial charge in [-0.3, -0.25) is 4.79 Å². The molecule has 1 amide bonds. The van der Waals surface area contributed by atoms with Crippen molar-refractivity contribution >= 4 is 11.6 Å². The van der Waals surface area contributed by atoms with E-state index in [1.165, 1.54) is 0 Å². The monoisotopic (exact) mass is 231 g/mol. The Morgan fingerprint density at radius 1 is 1.53 bits per heavy atom. The van der Waals surface area contributed by atoms with Gasteiger partial charge in [0, 0.05) is 18.9 Å². The van der Waals surface area contributed by atoms with Crippen LogP contribution in [0.25, 0.3) is 5.65 Å². The molecule has 0 fully saturated rings. The summed E-state index contributed by atoms with van der Waals surface area (Å²) in [4.78, 5) is 16.2. The van der Waals surface area contributed by atoms with Crippen LogP contribution >= 0.6 is 0 Å². The maximum absolute atomic E-state index is 11.8. The standard InChI is InChI=1S/C13H17N3O/c1-9(2)7-14-13(17)11-8-16-6-4-5-10(3)12(16)15-11/h4-6,8-9H,7H2,1-3H3,(H,14,17). The summed E-state index contributed by atoms with van der Waals surface area (Å²) in [6, 6.07) is 3.93. The minimum absolute atomic E-state index is 0.109. The Labute approximate surface area is 101 Å². The van der Waals surface area contributed by atoms with Crippen molar-refractivity contribution in [3.05, 3.63) is 35.8 Å². The number of rotatable bonds is 3. The van der Waals surface area contributed by atoms with E-state index in [2.05, 4.69) is 24.1 Å². The number of hydrogen-bond donors (Lipinski definition) is 1. The minimum Gasteiger partial charge on any atom is -0.350 e. The Kier molecular flexibility index (Phi) is 3.13. The van der Waals surface area contributed by atoms with Crippen LogP contribution in [0.2, 0.25) is 0 Å². The molecular formula is C13H17N3O. The van der Waals surface area contributed by atoms with E-state index in [-0.39, 0.29) is 5.91 Å². The van der Waals surface area contributed by atoms with Crippen LogP contribution in [0.15, 0.2) is 24.5 Å². The third-order valence-corrected chi connectivity index (χ3v) is 2.58. The van der Waals surface area contributed by atoms with Gasteiger partial charge in [0.2, 0.25) is 0 Å². The van der Waals surface area contributed by atoms with E-state index in [1.807, 2.05) is 29.7 Å². The van der Waals surface area contributed by atoms with E-state index in [1.54, 1.807) is 6.20 Å². The molecule has 0 bridgehead atoms. The molecule has 0 unspecified atom stereocenters. The third-order valence-electron chi connectivity index (χ3n) is 2.58. The van der Waals surface area contributed by atoms with Gasteiger partial charge in [-0.15, -0.1) is 0 Å². The second-order valence-corrected chi connectivity index (χ2v) is 4.65. The number of carbonyl (C=O) groups excluding carboxylic acids is 1. The van der Waals surface area contributed by atoms with Gasteiger partial charge in [0.1, 0.15) is 11.3 Å². The highest BCUT2D eigenvalue weighted by Crippen LogP contribution is 2.09. The molecule has 90 valence electrons. The summed E-state index contributed by atoms with van der Waals surface area (Å²) in [5, 5.41) is 2.86. The highest BCUT2D eigenvalue weighted by molar-refractivity contribution is 5.92. The van der Waals surface area contributed by atoms with Crippen LogP contribution in [-0.4, -0.2) is 21.8 Å². The Morgan fingerprint density at radius 3 is 2.94 bits per heavy atom. The second-order valence-electron chi connectivity index (χ2n) is 4.65. The van der Waals surface area contributed by atoms with Crippen molar-refractivity contribution in [3.63, 3.8) is 0 Å². The van der Waals surface area contributed by atoms with Gasteiger partial charge < -0.3 is 9.72 Å². The average molecular weight is 231 g/mol. The fourth-order valence-corrected chi connectivity index (χ4v) is 1.65. The molecule has 2 aromatic rings. The zero-order valence-corrected chi connectivity index (χ0v) is 10.4. The summed E-state index contributed by atoms with van der Waals surface area (Å²) in [6.45, 7) is 6.78. The summed E-state index contributed by atoms with van der Waals surface area (Å²) in [5.74, 6) is 0.333. The van der Waals surface area contributed by atoms with Gasteiger partial charge in [-0.1, -0.05) is 19.9 Å². The van der Waals surface area contributed by atoms with Crippen molar-refractivity contribution < 1.29 is 4.79 Å². The Bertz CT molecular complexity index is 543. The first-order chi connectivity index (χ1) is 8.08. The molecule has 0 saturated carbocycles. The first kappa shape index (κ1) is 11.6. The largest absolute Gasteiger partial charge is 0.350 e. The molecule has 0 aliphatic heterocycles. The lowest BCUT2D eigenvalue weighted by atomic mass is 10.2. The number of carbonyl (C=O) groups is 1. The van der Waals surface area contributed by atoms with E-state index in [4.69, 9.17) is 0 Å². The van der Waals surface area contributed by atoms with E-state index in [0.717, 1.165) is 11.2 Å². The van der Waals surface area contributed by atoms with Crippen LogP contribution < -0.4 is 5.32 Å². The minimum atomic E-state index is -0.109. The quantitative estimate of drug-likeness (QED) is 0.878. The van der Waals surface area contributed by atoms with Crippen molar-refractivity contribution in [1.82, 2.24) is 14.7 Å². The van der Waals surface area contributed by atoms with E-state index < -0.39 is 0 Å². The van der Waals surface area contributed by atoms with Crippen molar-refractivity contribution in [3.8, 4) is 0 Å². The summed E-state index contributed by atoms with van der Waals surface area (Å²) >= 11 is 0. The number of nitrogens with zero attached hydrogens (tertiary/aromatic N) is 2. The predicted molar refractivity (Wildman–Crippen MR) is 67.1 cm³/mol. The topological polar surface area (TPSA) is 46.4 Å². The molecule has 0 aliphatic rings. The fraction of sp³-hybridized carbons (Fsp3) is 0.385. The average Bonchev–Trinajstić information content (AvgIpc) is 2.71. The molecule has 2 rings (SSSR count). The van der Waals surface area contributed by atoms with Crippen LogP contribution in [0.5, 0.6) is 0 Å². The molecule has 0 atom stereocenters. The first-order valence-corrected chi connectivity index (χ1v) is 5.80. The lowest BCUT2D eigenvalue weighted by Crippen LogP contribution is -2.27. The molecule has 0 saturated heterocycles. The molecule has 2 heterocycles. The van der Waals surface area contributed by atoms with E-state index >= 15 is 0 Å². The molecule has 4 heteroatoms. The molecular weight excluding hydrogens is 214 g/mol. The van der Waals surface area contributed by atoms with E-state index in [0.29, 0.717) is 18.2 Å². The smallest absolute Gasteiger partial charge is 0.271 e. The number of amides is 1. The maximum atomic E-state index is 11.8. The fourth-order valence-electron chi connectivity index (χ4n) is 1.65. The lowest BCUT2D eigenvalue weighted by molar-refractivity contribution is 0.0944. The van der Waals surface area contributed by atoms with Gasteiger partial charge in [-0.05, 0) is 24.5 Å². The van der Waals surface area contributed by atoms with Crippen LogP contribution in [0.4, 0.5) is 0 Å². The summed E-state index contributed by atoms with van der Waals surface area (Å²) in [5.41, 5.74) is 2.37. The van der Waals surface area contributed by atoms with Crippen molar-refractivity contribution in [1.29, 1.82) is 0 Å². The SMILES string of the molecule is Cc1cccn2cc(C(=O)NCC(C)C)nc12. The van der Waals surface area contributed by atoms with Gasteiger partial charge >= 0.3 is 0 Å². The zero-order chi connectivity index (χ0) is 12.4. The number of aryl methyl sites for hydroxylation is 1. The van der Waals surface area contributed by atoms with Crippen LogP contribution in [-0.2, 0) is 0 Å². The normalized spacial score (nSPS) is 11.1. The molecule has 0 aliphatic carbocycles. The summed E-state index contributed by atoms with van der Waals surface area (Å²) < 4.78 is 1.87. The molecule has 2 aromatic heterocycles. The number of pyridine rings is 1. The molecule has 0 aromatic carbocycles. The number of nitrogens with one attached hydrogen (secondary N) is 1. The van der Waals surface area contributed by atoms with E-state index in [9.17, 15) is 4.79 Å². The highest BCUT2D eigenvalue weighted by atomic mass is 16.1. The number of aromatic nitrogens is 2. The van der Waals surface area contributed by atoms with Gasteiger partial charge in [-0.2, -0.15) is 0 Å². The summed E-state index contributed by atoms with van der Waals surface area (Å²) in [7, 11) is 0. The van der Waals surface area contributed by atoms with Crippen LogP contribution in [0.1, 0.15) is 29.9 Å². The Balaban J connectivity index is 2.24. The van der Waals surface area contributed by atoms with Gasteiger partial charge in [0.25, 0.3) is 5.91 Å². The van der Waals surface area contributed by atoms with Gasteiger partial charge in [0.05, 0.1) is 0 Å². The Hall–Kier alpha value is -1.84.